The number of rotatable bonds is 6. The quantitative estimate of drug-likeness (QED) is 0.124. The summed E-state index contributed by atoms with van der Waals surface area (Å²) in [6.45, 7) is 7.72. The van der Waals surface area contributed by atoms with Crippen molar-refractivity contribution >= 4 is 27.5 Å². The molecule has 7 aromatic carbocycles. The van der Waals surface area contributed by atoms with Crippen molar-refractivity contribution in [2.45, 2.75) is 12.4 Å². The van der Waals surface area contributed by atoms with Crippen LogP contribution in [0.1, 0.15) is 16.7 Å². The van der Waals surface area contributed by atoms with Gasteiger partial charge in [-0.25, -0.2) is 14.8 Å². The van der Waals surface area contributed by atoms with Crippen LogP contribution >= 0.6 is 0 Å². The van der Waals surface area contributed by atoms with E-state index in [1.54, 1.807) is 34.9 Å². The van der Waals surface area contributed by atoms with Gasteiger partial charge in [0.2, 0.25) is 0 Å². The molecule has 0 bridgehead atoms. The Morgan fingerprint density at radius 2 is 0.984 bits per heavy atom. The van der Waals surface area contributed by atoms with E-state index in [4.69, 9.17) is 16.5 Å². The van der Waals surface area contributed by atoms with Crippen LogP contribution in [-0.2, 0) is 12.4 Å². The first-order valence-electron chi connectivity index (χ1n) is 18.8. The van der Waals surface area contributed by atoms with E-state index in [1.165, 1.54) is 60.7 Å². The van der Waals surface area contributed by atoms with Crippen molar-refractivity contribution in [2.24, 2.45) is 0 Å². The summed E-state index contributed by atoms with van der Waals surface area (Å²) in [5.74, 6) is 0.0609. The SMILES string of the molecule is [C-]#[N+]c1ccc2c(c1)c1cc(C#N)ccc1n2-c1c(-c2ccccc2C(F)(F)F)cc(-c2nc(-c3ccccc3)cc(-c3ccccc3)n2)cc1-c1ccccc1C(F)(F)F. The molecule has 0 aliphatic rings. The maximum atomic E-state index is 15.2. The summed E-state index contributed by atoms with van der Waals surface area (Å²) >= 11 is 0. The van der Waals surface area contributed by atoms with Crippen LogP contribution in [-0.4, -0.2) is 14.5 Å². The van der Waals surface area contributed by atoms with Crippen molar-refractivity contribution in [3.63, 3.8) is 0 Å². The summed E-state index contributed by atoms with van der Waals surface area (Å²) in [5, 5.41) is 10.8. The molecule has 0 aliphatic heterocycles. The monoisotopic (exact) mass is 811 g/mol. The Morgan fingerprint density at radius 3 is 1.48 bits per heavy atom. The first kappa shape index (κ1) is 38.5. The Morgan fingerprint density at radius 1 is 0.508 bits per heavy atom. The second kappa shape index (κ2) is 15.0. The minimum absolute atomic E-state index is 0.0000771. The van der Waals surface area contributed by atoms with Gasteiger partial charge in [-0.1, -0.05) is 103 Å². The lowest BCUT2D eigenvalue weighted by Crippen LogP contribution is -2.11. The zero-order valence-corrected chi connectivity index (χ0v) is 31.6. The van der Waals surface area contributed by atoms with E-state index in [9.17, 15) is 5.26 Å². The number of alkyl halides is 6. The Kier molecular flexibility index (Phi) is 9.45. The van der Waals surface area contributed by atoms with Gasteiger partial charge in [0.05, 0.1) is 57.4 Å². The molecular weight excluding hydrogens is 785 g/mol. The molecule has 0 saturated heterocycles. The van der Waals surface area contributed by atoms with Crippen LogP contribution in [0.15, 0.2) is 164 Å². The maximum absolute atomic E-state index is 15.2. The number of aromatic nitrogens is 3. The molecule has 0 radical (unpaired) electrons. The molecule has 0 saturated carbocycles. The van der Waals surface area contributed by atoms with Crippen molar-refractivity contribution in [2.75, 3.05) is 0 Å². The summed E-state index contributed by atoms with van der Waals surface area (Å²) in [5.41, 5.74) is 1.05. The third-order valence-corrected chi connectivity index (χ3v) is 10.5. The highest BCUT2D eigenvalue weighted by molar-refractivity contribution is 6.12. The van der Waals surface area contributed by atoms with E-state index in [2.05, 4.69) is 10.9 Å². The Balaban J connectivity index is 1.50. The van der Waals surface area contributed by atoms with Crippen LogP contribution in [0.2, 0.25) is 0 Å². The number of nitriles is 1. The van der Waals surface area contributed by atoms with Gasteiger partial charge in [0.1, 0.15) is 0 Å². The molecular formula is C50H27F6N5. The number of hydrogen-bond donors (Lipinski definition) is 0. The smallest absolute Gasteiger partial charge is 0.308 e. The highest BCUT2D eigenvalue weighted by atomic mass is 19.4. The summed E-state index contributed by atoms with van der Waals surface area (Å²) < 4.78 is 92.8. The molecule has 0 spiro atoms. The molecule has 0 amide bonds. The van der Waals surface area contributed by atoms with Gasteiger partial charge in [0.25, 0.3) is 0 Å². The van der Waals surface area contributed by atoms with Crippen LogP contribution in [0.25, 0.3) is 88.5 Å². The Bertz CT molecular complexity index is 3040. The highest BCUT2D eigenvalue weighted by Gasteiger charge is 2.37. The fourth-order valence-corrected chi connectivity index (χ4v) is 7.83. The molecule has 0 N–H and O–H groups in total. The van der Waals surface area contributed by atoms with Crippen molar-refractivity contribution in [3.05, 3.63) is 192 Å². The zero-order chi connectivity index (χ0) is 42.5. The van der Waals surface area contributed by atoms with Crippen molar-refractivity contribution in [1.29, 1.82) is 5.26 Å². The van der Waals surface area contributed by atoms with Crippen LogP contribution in [0.4, 0.5) is 32.0 Å². The molecule has 5 nitrogen and oxygen atoms in total. The third kappa shape index (κ3) is 7.02. The first-order valence-corrected chi connectivity index (χ1v) is 18.8. The predicted octanol–water partition coefficient (Wildman–Crippen LogP) is 14.4. The van der Waals surface area contributed by atoms with Crippen LogP contribution in [0.3, 0.4) is 0 Å². The first-order chi connectivity index (χ1) is 29.4. The minimum atomic E-state index is -4.88. The summed E-state index contributed by atoms with van der Waals surface area (Å²) in [6, 6.07) is 44.6. The van der Waals surface area contributed by atoms with Crippen LogP contribution in [0, 0.1) is 17.9 Å². The van der Waals surface area contributed by atoms with E-state index < -0.39 is 23.5 Å². The lowest BCUT2D eigenvalue weighted by molar-refractivity contribution is -0.137. The molecule has 294 valence electrons. The molecule has 0 atom stereocenters. The molecule has 2 aromatic heterocycles. The summed E-state index contributed by atoms with van der Waals surface area (Å²) in [7, 11) is 0. The summed E-state index contributed by atoms with van der Waals surface area (Å²) in [4.78, 5) is 13.4. The molecule has 11 heteroatoms. The fourth-order valence-electron chi connectivity index (χ4n) is 7.83. The largest absolute Gasteiger partial charge is 0.417 e. The second-order valence-corrected chi connectivity index (χ2v) is 14.2. The van der Waals surface area contributed by atoms with Crippen molar-refractivity contribution < 1.29 is 26.3 Å². The van der Waals surface area contributed by atoms with Crippen LogP contribution in [0.5, 0.6) is 0 Å². The lowest BCUT2D eigenvalue weighted by Gasteiger charge is -2.24. The van der Waals surface area contributed by atoms with Crippen LogP contribution < -0.4 is 0 Å². The van der Waals surface area contributed by atoms with Gasteiger partial charge >= 0.3 is 12.4 Å². The lowest BCUT2D eigenvalue weighted by atomic mass is 9.88. The van der Waals surface area contributed by atoms with Gasteiger partial charge in [-0.2, -0.15) is 31.6 Å². The topological polar surface area (TPSA) is 58.9 Å². The molecule has 0 unspecified atom stereocenters. The summed E-state index contributed by atoms with van der Waals surface area (Å²) in [6.07, 6.45) is -9.77. The number of nitrogens with zero attached hydrogens (tertiary/aromatic N) is 5. The van der Waals surface area contributed by atoms with E-state index >= 15 is 26.3 Å². The van der Waals surface area contributed by atoms with Gasteiger partial charge in [-0.3, -0.25) is 0 Å². The number of halogens is 6. The van der Waals surface area contributed by atoms with Gasteiger partial charge in [-0.05, 0) is 77.2 Å². The number of benzene rings is 7. The van der Waals surface area contributed by atoms with E-state index in [1.807, 2.05) is 60.7 Å². The molecule has 0 aliphatic carbocycles. The van der Waals surface area contributed by atoms with Gasteiger partial charge in [-0.15, -0.1) is 0 Å². The molecule has 0 fully saturated rings. The maximum Gasteiger partial charge on any atom is 0.417 e. The number of hydrogen-bond acceptors (Lipinski definition) is 3. The van der Waals surface area contributed by atoms with E-state index in [0.29, 0.717) is 44.3 Å². The van der Waals surface area contributed by atoms with E-state index in [-0.39, 0.29) is 50.6 Å². The minimum Gasteiger partial charge on any atom is -0.308 e. The Labute approximate surface area is 344 Å². The van der Waals surface area contributed by atoms with Gasteiger partial charge in [0, 0.05) is 33.2 Å². The van der Waals surface area contributed by atoms with E-state index in [0.717, 1.165) is 12.1 Å². The van der Waals surface area contributed by atoms with Gasteiger partial charge in [0.15, 0.2) is 11.5 Å². The van der Waals surface area contributed by atoms with Crippen molar-refractivity contribution in [3.8, 4) is 67.9 Å². The zero-order valence-electron chi connectivity index (χ0n) is 31.6. The second-order valence-electron chi connectivity index (χ2n) is 14.2. The molecule has 61 heavy (non-hydrogen) atoms. The normalized spacial score (nSPS) is 11.7. The Hall–Kier alpha value is -8.02. The molecule has 9 rings (SSSR count). The standard InChI is InChI=1S/C50H27F6N5/c1-58-34-21-23-46-38(27-34)37-24-30(29-57)20-22-45(37)61(46)47-39(35-16-8-10-18-41(35)49(51,52)53)25-33(26-40(47)36-17-9-11-19-42(36)50(54,55)56)48-59-43(31-12-4-2-5-13-31)28-44(60-48)32-14-6-3-7-15-32/h2-28H. The molecule has 2 heterocycles. The molecule has 9 aromatic rings. The third-order valence-electron chi connectivity index (χ3n) is 10.5. The average Bonchev–Trinajstić information content (AvgIpc) is 3.60. The van der Waals surface area contributed by atoms with Gasteiger partial charge < -0.3 is 4.57 Å². The van der Waals surface area contributed by atoms with Crippen molar-refractivity contribution in [1.82, 2.24) is 14.5 Å². The number of fused-ring (bicyclic) bond motifs is 3. The average molecular weight is 812 g/mol. The predicted molar refractivity (Wildman–Crippen MR) is 225 cm³/mol. The highest BCUT2D eigenvalue weighted by Crippen LogP contribution is 2.49. The fraction of sp³-hybridized carbons (Fsp3) is 0.0400.